The Morgan fingerprint density at radius 2 is 2.00 bits per heavy atom. The molecule has 0 saturated heterocycles. The van der Waals surface area contributed by atoms with Gasteiger partial charge < -0.3 is 21.1 Å². The zero-order chi connectivity index (χ0) is 24.0. The predicted molar refractivity (Wildman–Crippen MR) is 123 cm³/mol. The highest BCUT2D eigenvalue weighted by atomic mass is 19.1. The molecule has 0 aliphatic heterocycles. The van der Waals surface area contributed by atoms with Crippen LogP contribution in [-0.2, 0) is 4.79 Å². The largest absolute Gasteiger partial charge is 0.393 e. The maximum atomic E-state index is 14.2. The van der Waals surface area contributed by atoms with E-state index in [2.05, 4.69) is 15.3 Å². The van der Waals surface area contributed by atoms with Gasteiger partial charge in [0.25, 0.3) is 5.91 Å². The van der Waals surface area contributed by atoms with E-state index >= 15 is 0 Å². The summed E-state index contributed by atoms with van der Waals surface area (Å²) in [7, 11) is 3.62. The van der Waals surface area contributed by atoms with Gasteiger partial charge in [0, 0.05) is 25.8 Å². The Bertz CT molecular complexity index is 969. The van der Waals surface area contributed by atoms with Crippen molar-refractivity contribution in [1.29, 1.82) is 0 Å². The van der Waals surface area contributed by atoms with E-state index in [-0.39, 0.29) is 17.6 Å². The van der Waals surface area contributed by atoms with Crippen molar-refractivity contribution in [1.82, 2.24) is 9.97 Å². The zero-order valence-electron chi connectivity index (χ0n) is 19.1. The van der Waals surface area contributed by atoms with E-state index in [1.165, 1.54) is 11.0 Å². The van der Waals surface area contributed by atoms with Crippen LogP contribution in [0.2, 0.25) is 0 Å². The number of nitrogens with two attached hydrogens (primary N) is 1. The number of carbonyl (C=O) groups is 2. The molecule has 1 heterocycles. The number of aromatic nitrogens is 2. The number of aryl methyl sites for hydroxylation is 1. The van der Waals surface area contributed by atoms with Gasteiger partial charge in [-0.2, -0.15) is 4.98 Å². The number of anilines is 4. The number of carbonyl (C=O) groups excluding carboxylic acids is 2. The van der Waals surface area contributed by atoms with E-state index in [9.17, 15) is 19.1 Å². The van der Waals surface area contributed by atoms with Crippen molar-refractivity contribution < 1.29 is 19.1 Å². The first-order chi connectivity index (χ1) is 15.2. The van der Waals surface area contributed by atoms with Crippen LogP contribution in [0, 0.1) is 12.7 Å². The van der Waals surface area contributed by atoms with Gasteiger partial charge in [-0.1, -0.05) is 13.8 Å². The van der Waals surface area contributed by atoms with Gasteiger partial charge in [0.2, 0.25) is 12.4 Å². The second-order valence-corrected chi connectivity index (χ2v) is 7.57. The minimum absolute atomic E-state index is 0.162. The number of aliphatic hydroxyl groups is 1. The van der Waals surface area contributed by atoms with E-state index in [4.69, 9.17) is 5.73 Å². The van der Waals surface area contributed by atoms with Crippen LogP contribution in [0.5, 0.6) is 0 Å². The number of halogens is 1. The maximum Gasteiger partial charge on any atom is 0.251 e. The molecule has 2 amide bonds. The van der Waals surface area contributed by atoms with Gasteiger partial charge in [0.1, 0.15) is 5.82 Å². The van der Waals surface area contributed by atoms with Gasteiger partial charge >= 0.3 is 0 Å². The fraction of sp³-hybridized carbons (Fsp3) is 0.455. The van der Waals surface area contributed by atoms with Crippen molar-refractivity contribution in [2.75, 3.05) is 29.2 Å². The van der Waals surface area contributed by atoms with E-state index < -0.39 is 17.8 Å². The summed E-state index contributed by atoms with van der Waals surface area (Å²) < 4.78 is 14.2. The molecule has 174 valence electrons. The van der Waals surface area contributed by atoms with E-state index in [0.717, 1.165) is 6.07 Å². The molecule has 3 rings (SSSR count). The molecule has 1 fully saturated rings. The Hall–Kier alpha value is -3.27. The Morgan fingerprint density at radius 1 is 1.31 bits per heavy atom. The molecule has 4 N–H and O–H groups in total. The molecule has 1 saturated carbocycles. The van der Waals surface area contributed by atoms with Crippen molar-refractivity contribution in [3.63, 3.8) is 0 Å². The van der Waals surface area contributed by atoms with Crippen LogP contribution < -0.4 is 20.9 Å². The average Bonchev–Trinajstić information content (AvgIpc) is 3.18. The summed E-state index contributed by atoms with van der Waals surface area (Å²) in [6.45, 7) is 5.70. The van der Waals surface area contributed by atoms with Gasteiger partial charge in [-0.3, -0.25) is 14.5 Å². The lowest BCUT2D eigenvalue weighted by molar-refractivity contribution is -0.107. The Labute approximate surface area is 187 Å². The monoisotopic (exact) mass is 446 g/mol. The molecule has 10 heteroatoms. The summed E-state index contributed by atoms with van der Waals surface area (Å²) in [6.07, 6.45) is 3.57. The van der Waals surface area contributed by atoms with Gasteiger partial charge in [-0.15, -0.1) is 0 Å². The number of benzene rings is 1. The summed E-state index contributed by atoms with van der Waals surface area (Å²) in [5, 5.41) is 12.8. The van der Waals surface area contributed by atoms with Crippen molar-refractivity contribution in [2.45, 2.75) is 52.2 Å². The minimum atomic E-state index is -0.851. The number of hydrogen-bond acceptors (Lipinski definition) is 7. The third-order valence-electron chi connectivity index (χ3n) is 5.19. The second kappa shape index (κ2) is 10.9. The first kappa shape index (κ1) is 25.0. The van der Waals surface area contributed by atoms with Gasteiger partial charge in [0.15, 0.2) is 5.82 Å². The zero-order valence-corrected chi connectivity index (χ0v) is 19.1. The number of rotatable bonds is 7. The molecule has 1 aliphatic carbocycles. The first-order valence-electron chi connectivity index (χ1n) is 10.5. The summed E-state index contributed by atoms with van der Waals surface area (Å²) in [6, 6.07) is 2.34. The number of aliphatic hydroxyl groups excluding tert-OH is 1. The van der Waals surface area contributed by atoms with Crippen molar-refractivity contribution in [2.24, 2.45) is 5.73 Å². The molecule has 1 aromatic carbocycles. The number of amides is 2. The molecule has 1 aromatic heterocycles. The minimum Gasteiger partial charge on any atom is -0.393 e. The molecule has 0 bridgehead atoms. The molecular weight excluding hydrogens is 415 g/mol. The Balaban J connectivity index is 0.00000176. The highest BCUT2D eigenvalue weighted by Crippen LogP contribution is 2.33. The molecular formula is C22H31FN6O3. The van der Waals surface area contributed by atoms with Crippen LogP contribution in [0.3, 0.4) is 0 Å². The lowest BCUT2D eigenvalue weighted by Crippen LogP contribution is -2.34. The molecule has 1 aliphatic rings. The molecule has 2 atom stereocenters. The number of nitrogens with one attached hydrogen (secondary N) is 1. The SMILES string of the molecule is CC.Cc1cc(C(N)=O)c(F)cc1Nc1ncc(N(C)C)c(N(C=O)C2CCC(O)C2)n1. The summed E-state index contributed by atoms with van der Waals surface area (Å²) in [5.74, 6) is -1.06. The third-order valence-corrected chi connectivity index (χ3v) is 5.19. The van der Waals surface area contributed by atoms with E-state index in [1.54, 1.807) is 18.0 Å². The second-order valence-electron chi connectivity index (χ2n) is 7.57. The summed E-state index contributed by atoms with van der Waals surface area (Å²) in [5.41, 5.74) is 6.56. The van der Waals surface area contributed by atoms with Gasteiger partial charge in [0.05, 0.1) is 23.6 Å². The summed E-state index contributed by atoms with van der Waals surface area (Å²) in [4.78, 5) is 35.3. The van der Waals surface area contributed by atoms with Crippen molar-refractivity contribution in [3.05, 3.63) is 35.3 Å². The number of hydrogen-bond donors (Lipinski definition) is 3. The highest BCUT2D eigenvalue weighted by molar-refractivity contribution is 5.94. The van der Waals surface area contributed by atoms with E-state index in [0.29, 0.717) is 48.4 Å². The van der Waals surface area contributed by atoms with Crippen LogP contribution in [0.15, 0.2) is 18.3 Å². The number of primary amides is 1. The van der Waals surface area contributed by atoms with Gasteiger partial charge in [-0.25, -0.2) is 9.37 Å². The quantitative estimate of drug-likeness (QED) is 0.559. The standard InChI is InChI=1S/C20H25FN6O3.C2H6/c1-11-6-14(18(22)30)15(21)8-16(11)24-20-23-9-17(26(2)3)19(25-20)27(10-28)12-4-5-13(29)7-12;1-2/h6,8-10,12-13,29H,4-5,7H2,1-3H3,(H2,22,30)(H,23,24,25);1-2H3. The van der Waals surface area contributed by atoms with Crippen LogP contribution >= 0.6 is 0 Å². The van der Waals surface area contributed by atoms with Crippen LogP contribution in [0.25, 0.3) is 0 Å². The fourth-order valence-electron chi connectivity index (χ4n) is 3.55. The molecule has 2 aromatic rings. The normalized spacial score (nSPS) is 17.2. The van der Waals surface area contributed by atoms with Crippen LogP contribution in [0.4, 0.5) is 27.5 Å². The lowest BCUT2D eigenvalue weighted by atomic mass is 10.1. The maximum absolute atomic E-state index is 14.2. The number of nitrogens with zero attached hydrogens (tertiary/aromatic N) is 4. The molecule has 32 heavy (non-hydrogen) atoms. The molecule has 0 spiro atoms. The third kappa shape index (κ3) is 5.50. The molecule has 2 unspecified atom stereocenters. The highest BCUT2D eigenvalue weighted by Gasteiger charge is 2.31. The summed E-state index contributed by atoms with van der Waals surface area (Å²) >= 11 is 0. The first-order valence-corrected chi connectivity index (χ1v) is 10.5. The van der Waals surface area contributed by atoms with Gasteiger partial charge in [-0.05, 0) is 43.9 Å². The topological polar surface area (TPSA) is 125 Å². The van der Waals surface area contributed by atoms with E-state index in [1.807, 2.05) is 27.9 Å². The average molecular weight is 447 g/mol. The smallest absolute Gasteiger partial charge is 0.251 e. The molecule has 9 nitrogen and oxygen atoms in total. The van der Waals surface area contributed by atoms with Crippen molar-refractivity contribution in [3.8, 4) is 0 Å². The Morgan fingerprint density at radius 3 is 2.53 bits per heavy atom. The van der Waals surface area contributed by atoms with Crippen LogP contribution in [-0.4, -0.2) is 53.6 Å². The molecule has 0 radical (unpaired) electrons. The lowest BCUT2D eigenvalue weighted by Gasteiger charge is -2.28. The predicted octanol–water partition coefficient (Wildman–Crippen LogP) is 2.74. The fourth-order valence-corrected chi connectivity index (χ4v) is 3.55. The van der Waals surface area contributed by atoms with Crippen LogP contribution in [0.1, 0.15) is 49.0 Å². The van der Waals surface area contributed by atoms with Crippen molar-refractivity contribution >= 4 is 35.5 Å². The Kier molecular flexibility index (Phi) is 8.48.